The quantitative estimate of drug-likeness (QED) is 0.157. The molecule has 0 fully saturated rings. The predicted molar refractivity (Wildman–Crippen MR) is 260 cm³/mol. The molecule has 0 unspecified atom stereocenters. The van der Waals surface area contributed by atoms with E-state index in [1.54, 1.807) is 0 Å². The first-order valence-electron chi connectivity index (χ1n) is 21.3. The van der Waals surface area contributed by atoms with Crippen LogP contribution in [-0.2, 0) is 0 Å². The predicted octanol–water partition coefficient (Wildman–Crippen LogP) is 16.2. The van der Waals surface area contributed by atoms with Gasteiger partial charge < -0.3 is 0 Å². The molecule has 0 N–H and O–H groups in total. The fourth-order valence-electron chi connectivity index (χ4n) is 10.3. The van der Waals surface area contributed by atoms with Gasteiger partial charge >= 0.3 is 0 Å². The summed E-state index contributed by atoms with van der Waals surface area (Å²) < 4.78 is 0. The molecule has 0 radical (unpaired) electrons. The second-order valence-electron chi connectivity index (χ2n) is 16.3. The Morgan fingerprint density at radius 2 is 0.710 bits per heavy atom. The minimum atomic E-state index is 0.721. The Bertz CT molecular complexity index is 3720. The van der Waals surface area contributed by atoms with Gasteiger partial charge in [0, 0.05) is 22.3 Å². The van der Waals surface area contributed by atoms with Crippen LogP contribution >= 0.6 is 0 Å². The SMILES string of the molecule is c1ccc(-c2ccccc2-c2ccc3ccc4c(-c5ccccc5-c5ccccc5)cc(-c5nc(-c6ccccc6)c6c(n5)-c5cccc7cccc-6c57)c5ccc2c3c54)cc1. The van der Waals surface area contributed by atoms with E-state index in [1.807, 2.05) is 0 Å². The average molecular weight is 785 g/mol. The lowest BCUT2D eigenvalue weighted by atomic mass is 9.83. The van der Waals surface area contributed by atoms with E-state index in [-0.39, 0.29) is 0 Å². The number of hydrogen-bond donors (Lipinski definition) is 0. The lowest BCUT2D eigenvalue weighted by molar-refractivity contribution is 1.20. The molecule has 0 spiro atoms. The molecule has 2 nitrogen and oxygen atoms in total. The Morgan fingerprint density at radius 1 is 0.242 bits per heavy atom. The molecular formula is C60H36N2. The summed E-state index contributed by atoms with van der Waals surface area (Å²) in [4.78, 5) is 11.3. The highest BCUT2D eigenvalue weighted by Crippen LogP contribution is 2.52. The summed E-state index contributed by atoms with van der Waals surface area (Å²) in [5, 5.41) is 9.72. The molecule has 11 aromatic carbocycles. The number of benzene rings is 11. The van der Waals surface area contributed by atoms with Crippen LogP contribution in [0.5, 0.6) is 0 Å². The Labute approximate surface area is 359 Å². The monoisotopic (exact) mass is 784 g/mol. The van der Waals surface area contributed by atoms with Crippen molar-refractivity contribution in [3.63, 3.8) is 0 Å². The maximum Gasteiger partial charge on any atom is 0.161 e. The van der Waals surface area contributed by atoms with Crippen molar-refractivity contribution < 1.29 is 0 Å². The topological polar surface area (TPSA) is 25.8 Å². The van der Waals surface area contributed by atoms with Gasteiger partial charge in [0.25, 0.3) is 0 Å². The first-order valence-corrected chi connectivity index (χ1v) is 21.3. The maximum absolute atomic E-state index is 5.65. The molecule has 62 heavy (non-hydrogen) atoms. The van der Waals surface area contributed by atoms with Gasteiger partial charge in [0.15, 0.2) is 5.82 Å². The van der Waals surface area contributed by atoms with Gasteiger partial charge in [-0.2, -0.15) is 0 Å². The molecule has 0 saturated heterocycles. The Morgan fingerprint density at radius 3 is 1.37 bits per heavy atom. The van der Waals surface area contributed by atoms with Gasteiger partial charge in [0.05, 0.1) is 11.4 Å². The largest absolute Gasteiger partial charge is 0.227 e. The van der Waals surface area contributed by atoms with Gasteiger partial charge in [-0.05, 0) is 99.2 Å². The Hall–Kier alpha value is -8.20. The van der Waals surface area contributed by atoms with Gasteiger partial charge in [0.1, 0.15) is 0 Å². The zero-order chi connectivity index (χ0) is 40.7. The standard InChI is InChI=1S/C60H36N2/c1-4-16-37(17-5-1)42-24-10-12-26-44(42)46-32-30-40-31-33-48-52(45-27-13-11-25-43(45)38-18-6-2-7-19-38)36-53(49-35-34-47(46)55(40)56(48)49)60-61-58(41-20-8-3-9-21-41)57-50-28-14-22-39-23-15-29-51(54(39)50)59(57)62-60/h1-36H. The molecule has 1 heterocycles. The molecule has 0 saturated carbocycles. The lowest BCUT2D eigenvalue weighted by Crippen LogP contribution is -2.00. The molecule has 13 rings (SSSR count). The van der Waals surface area contributed by atoms with Crippen molar-refractivity contribution in [1.82, 2.24) is 9.97 Å². The Kier molecular flexibility index (Phi) is 7.64. The summed E-state index contributed by atoms with van der Waals surface area (Å²) in [6.45, 7) is 0. The van der Waals surface area contributed by atoms with E-state index < -0.39 is 0 Å². The number of nitrogens with zero attached hydrogens (tertiary/aromatic N) is 2. The number of hydrogen-bond acceptors (Lipinski definition) is 2. The second-order valence-corrected chi connectivity index (χ2v) is 16.3. The molecule has 0 amide bonds. The first-order chi connectivity index (χ1) is 30.8. The van der Waals surface area contributed by atoms with Crippen molar-refractivity contribution >= 4 is 43.1 Å². The van der Waals surface area contributed by atoms with Gasteiger partial charge in [-0.15, -0.1) is 0 Å². The van der Waals surface area contributed by atoms with Crippen LogP contribution in [0, 0.1) is 0 Å². The van der Waals surface area contributed by atoms with Crippen molar-refractivity contribution in [3.05, 3.63) is 218 Å². The highest BCUT2D eigenvalue weighted by Gasteiger charge is 2.29. The number of rotatable bonds is 6. The third kappa shape index (κ3) is 5.17. The van der Waals surface area contributed by atoms with Crippen LogP contribution in [0.4, 0.5) is 0 Å². The maximum atomic E-state index is 5.65. The Balaban J connectivity index is 1.16. The summed E-state index contributed by atoms with van der Waals surface area (Å²) in [5.74, 6) is 0.721. The van der Waals surface area contributed by atoms with E-state index >= 15 is 0 Å². The summed E-state index contributed by atoms with van der Waals surface area (Å²) in [6, 6.07) is 79.2. The van der Waals surface area contributed by atoms with E-state index in [0.717, 1.165) is 50.4 Å². The lowest BCUT2D eigenvalue weighted by Gasteiger charge is -2.21. The summed E-state index contributed by atoms with van der Waals surface area (Å²) >= 11 is 0. The van der Waals surface area contributed by atoms with Crippen LogP contribution in [-0.4, -0.2) is 9.97 Å². The van der Waals surface area contributed by atoms with E-state index in [4.69, 9.17) is 9.97 Å². The third-order valence-electron chi connectivity index (χ3n) is 13.0. The molecule has 0 atom stereocenters. The molecule has 2 heteroatoms. The molecule has 1 aromatic heterocycles. The van der Waals surface area contributed by atoms with E-state index in [9.17, 15) is 0 Å². The highest BCUT2D eigenvalue weighted by molar-refractivity contribution is 6.30. The molecular weight excluding hydrogens is 749 g/mol. The molecule has 1 aliphatic carbocycles. The van der Waals surface area contributed by atoms with Crippen LogP contribution in [0.15, 0.2) is 218 Å². The minimum absolute atomic E-state index is 0.721. The van der Waals surface area contributed by atoms with Gasteiger partial charge in [-0.1, -0.05) is 212 Å². The zero-order valence-corrected chi connectivity index (χ0v) is 33.7. The summed E-state index contributed by atoms with van der Waals surface area (Å²) in [5.41, 5.74) is 17.0. The van der Waals surface area contributed by atoms with Crippen molar-refractivity contribution in [1.29, 1.82) is 0 Å². The van der Waals surface area contributed by atoms with Crippen molar-refractivity contribution in [2.24, 2.45) is 0 Å². The first kappa shape index (κ1) is 34.6. The van der Waals surface area contributed by atoms with Gasteiger partial charge in [-0.3, -0.25) is 0 Å². The van der Waals surface area contributed by atoms with Crippen LogP contribution in [0.1, 0.15) is 0 Å². The van der Waals surface area contributed by atoms with Gasteiger partial charge in [0.2, 0.25) is 0 Å². The molecule has 0 aliphatic heterocycles. The van der Waals surface area contributed by atoms with Crippen LogP contribution in [0.25, 0.3) is 133 Å². The van der Waals surface area contributed by atoms with Gasteiger partial charge in [-0.25, -0.2) is 9.97 Å². The van der Waals surface area contributed by atoms with Crippen LogP contribution in [0.2, 0.25) is 0 Å². The van der Waals surface area contributed by atoms with Crippen LogP contribution in [0.3, 0.4) is 0 Å². The third-order valence-corrected chi connectivity index (χ3v) is 13.0. The summed E-state index contributed by atoms with van der Waals surface area (Å²) in [7, 11) is 0. The molecule has 12 aromatic rings. The molecule has 0 bridgehead atoms. The normalized spacial score (nSPS) is 11.9. The molecule has 286 valence electrons. The average Bonchev–Trinajstić information content (AvgIpc) is 3.68. The van der Waals surface area contributed by atoms with Crippen molar-refractivity contribution in [3.8, 4) is 89.5 Å². The smallest absolute Gasteiger partial charge is 0.161 e. The van der Waals surface area contributed by atoms with E-state index in [0.29, 0.717) is 0 Å². The van der Waals surface area contributed by atoms with Crippen molar-refractivity contribution in [2.75, 3.05) is 0 Å². The zero-order valence-electron chi connectivity index (χ0n) is 33.7. The fourth-order valence-corrected chi connectivity index (χ4v) is 10.3. The highest BCUT2D eigenvalue weighted by atomic mass is 14.9. The second kappa shape index (κ2) is 13.7. The summed E-state index contributed by atoms with van der Waals surface area (Å²) in [6.07, 6.45) is 0. The number of aromatic nitrogens is 2. The van der Waals surface area contributed by atoms with Crippen LogP contribution < -0.4 is 0 Å². The fraction of sp³-hybridized carbons (Fsp3) is 0. The molecule has 1 aliphatic rings. The minimum Gasteiger partial charge on any atom is -0.227 e. The van der Waals surface area contributed by atoms with Crippen molar-refractivity contribution in [2.45, 2.75) is 0 Å². The van der Waals surface area contributed by atoms with E-state index in [2.05, 4.69) is 218 Å². The number of fused-ring (bicyclic) bond motifs is 3. The van der Waals surface area contributed by atoms with E-state index in [1.165, 1.54) is 82.2 Å².